The zero-order valence-electron chi connectivity index (χ0n) is 14.5. The van der Waals surface area contributed by atoms with Gasteiger partial charge >= 0.3 is 0 Å². The zero-order chi connectivity index (χ0) is 19.4. The number of aromatic hydroxyl groups is 2. The second-order valence-corrected chi connectivity index (χ2v) is 6.28. The van der Waals surface area contributed by atoms with Gasteiger partial charge in [-0.1, -0.05) is 23.7 Å². The number of rotatable bonds is 6. The van der Waals surface area contributed by atoms with Crippen LogP contribution in [0.3, 0.4) is 0 Å². The molecule has 0 radical (unpaired) electrons. The number of benzene rings is 2. The highest BCUT2D eigenvalue weighted by Gasteiger charge is 2.10. The van der Waals surface area contributed by atoms with Crippen LogP contribution >= 0.6 is 11.6 Å². The maximum atomic E-state index is 12.1. The van der Waals surface area contributed by atoms with Gasteiger partial charge < -0.3 is 19.4 Å². The largest absolute Gasteiger partial charge is 0.508 e. The highest BCUT2D eigenvalue weighted by molar-refractivity contribution is 6.32. The highest BCUT2D eigenvalue weighted by Crippen LogP contribution is 2.29. The number of furan rings is 1. The highest BCUT2D eigenvalue weighted by atomic mass is 35.5. The Balaban J connectivity index is 1.65. The summed E-state index contributed by atoms with van der Waals surface area (Å²) in [6, 6.07) is 12.8. The summed E-state index contributed by atoms with van der Waals surface area (Å²) >= 11 is 6.13. The van der Waals surface area contributed by atoms with Gasteiger partial charge in [-0.2, -0.15) is 0 Å². The Morgan fingerprint density at radius 3 is 2.74 bits per heavy atom. The summed E-state index contributed by atoms with van der Waals surface area (Å²) in [7, 11) is 0. The van der Waals surface area contributed by atoms with Crippen molar-refractivity contribution in [3.05, 3.63) is 82.3 Å². The molecule has 5 nitrogen and oxygen atoms in total. The van der Waals surface area contributed by atoms with Gasteiger partial charge in [0.15, 0.2) is 5.78 Å². The molecule has 3 aromatic rings. The molecule has 0 atom stereocenters. The van der Waals surface area contributed by atoms with Crippen molar-refractivity contribution in [2.45, 2.75) is 13.5 Å². The van der Waals surface area contributed by atoms with E-state index in [9.17, 15) is 15.0 Å². The zero-order valence-corrected chi connectivity index (χ0v) is 15.2. The number of ketones is 1. The Kier molecular flexibility index (Phi) is 5.52. The lowest BCUT2D eigenvalue weighted by molar-refractivity contribution is 0.104. The number of hydrogen-bond donors (Lipinski definition) is 2. The minimum absolute atomic E-state index is 0.0911. The fourth-order valence-electron chi connectivity index (χ4n) is 2.48. The second kappa shape index (κ2) is 8.01. The van der Waals surface area contributed by atoms with E-state index in [1.165, 1.54) is 24.3 Å². The number of allylic oxidation sites excluding steroid dienone is 1. The van der Waals surface area contributed by atoms with E-state index in [1.54, 1.807) is 18.2 Å². The third kappa shape index (κ3) is 4.51. The lowest BCUT2D eigenvalue weighted by Crippen LogP contribution is -1.96. The number of aryl methyl sites for hydroxylation is 1. The molecule has 0 bridgehead atoms. The molecule has 1 heterocycles. The Morgan fingerprint density at radius 2 is 2.00 bits per heavy atom. The molecule has 6 heteroatoms. The second-order valence-electron chi connectivity index (χ2n) is 5.88. The van der Waals surface area contributed by atoms with Crippen LogP contribution in [0, 0.1) is 6.92 Å². The Labute approximate surface area is 161 Å². The molecule has 1 aromatic heterocycles. The fourth-order valence-corrected chi connectivity index (χ4v) is 2.76. The lowest BCUT2D eigenvalue weighted by Gasteiger charge is -2.09. The third-order valence-electron chi connectivity index (χ3n) is 3.85. The average Bonchev–Trinajstić information content (AvgIpc) is 3.07. The van der Waals surface area contributed by atoms with Crippen LogP contribution in [0.2, 0.25) is 5.02 Å². The van der Waals surface area contributed by atoms with Gasteiger partial charge in [-0.3, -0.25) is 4.79 Å². The topological polar surface area (TPSA) is 79.9 Å². The molecule has 138 valence electrons. The molecule has 0 fully saturated rings. The van der Waals surface area contributed by atoms with Gasteiger partial charge in [-0.15, -0.1) is 0 Å². The average molecular weight is 385 g/mol. The van der Waals surface area contributed by atoms with Crippen molar-refractivity contribution in [1.82, 2.24) is 0 Å². The van der Waals surface area contributed by atoms with Crippen molar-refractivity contribution >= 4 is 23.5 Å². The van der Waals surface area contributed by atoms with Crippen LogP contribution in [0.5, 0.6) is 17.2 Å². The molecule has 3 rings (SSSR count). The molecule has 0 amide bonds. The van der Waals surface area contributed by atoms with Crippen molar-refractivity contribution < 1.29 is 24.2 Å². The van der Waals surface area contributed by atoms with Crippen LogP contribution in [-0.2, 0) is 6.61 Å². The maximum absolute atomic E-state index is 12.1. The predicted molar refractivity (Wildman–Crippen MR) is 102 cm³/mol. The van der Waals surface area contributed by atoms with Crippen molar-refractivity contribution in [2.75, 3.05) is 0 Å². The molecule has 0 aliphatic rings. The summed E-state index contributed by atoms with van der Waals surface area (Å²) in [6.45, 7) is 2.10. The SMILES string of the molecule is Cc1cccc(Cl)c1OCc1ccc(/C=C/C(=O)c2ccc(O)cc2O)o1. The number of carbonyl (C=O) groups is 1. The van der Waals surface area contributed by atoms with E-state index in [4.69, 9.17) is 20.8 Å². The molecule has 2 aromatic carbocycles. The summed E-state index contributed by atoms with van der Waals surface area (Å²) < 4.78 is 11.3. The fraction of sp³-hybridized carbons (Fsp3) is 0.0952. The van der Waals surface area contributed by atoms with Gasteiger partial charge in [-0.05, 0) is 55.0 Å². The van der Waals surface area contributed by atoms with Crippen molar-refractivity contribution in [3.8, 4) is 17.2 Å². The van der Waals surface area contributed by atoms with Crippen molar-refractivity contribution in [2.24, 2.45) is 0 Å². The summed E-state index contributed by atoms with van der Waals surface area (Å²) in [4.78, 5) is 12.1. The van der Waals surface area contributed by atoms with Gasteiger partial charge in [0, 0.05) is 6.07 Å². The van der Waals surface area contributed by atoms with Crippen molar-refractivity contribution in [1.29, 1.82) is 0 Å². The first kappa shape index (κ1) is 18.6. The smallest absolute Gasteiger partial charge is 0.189 e. The molecular weight excluding hydrogens is 368 g/mol. The number of para-hydroxylation sites is 1. The minimum Gasteiger partial charge on any atom is -0.508 e. The standard InChI is InChI=1S/C21H17ClO5/c1-13-3-2-4-18(22)21(13)26-12-16-7-6-15(27-16)8-10-19(24)17-9-5-14(23)11-20(17)25/h2-11,23,25H,12H2,1H3/b10-8+. The van der Waals surface area contributed by atoms with Gasteiger partial charge in [0.2, 0.25) is 0 Å². The quantitative estimate of drug-likeness (QED) is 0.455. The number of ether oxygens (including phenoxy) is 1. The first-order valence-electron chi connectivity index (χ1n) is 8.15. The van der Waals surface area contributed by atoms with Crippen LogP contribution in [-0.4, -0.2) is 16.0 Å². The summed E-state index contributed by atoms with van der Waals surface area (Å²) in [6.07, 6.45) is 2.78. The van der Waals surface area contributed by atoms with Crippen LogP contribution in [0.4, 0.5) is 0 Å². The molecule has 27 heavy (non-hydrogen) atoms. The van der Waals surface area contributed by atoms with Gasteiger partial charge in [0.1, 0.15) is 35.4 Å². The van der Waals surface area contributed by atoms with Crippen LogP contribution < -0.4 is 4.74 Å². The van der Waals surface area contributed by atoms with Crippen LogP contribution in [0.25, 0.3) is 6.08 Å². The predicted octanol–water partition coefficient (Wildman–Crippen LogP) is 5.13. The van der Waals surface area contributed by atoms with Crippen LogP contribution in [0.15, 0.2) is 59.0 Å². The van der Waals surface area contributed by atoms with Crippen LogP contribution in [0.1, 0.15) is 27.4 Å². The maximum Gasteiger partial charge on any atom is 0.189 e. The first-order chi connectivity index (χ1) is 12.9. The molecular formula is C21H17ClO5. The number of halogens is 1. The Bertz CT molecular complexity index is 983. The van der Waals surface area contributed by atoms with E-state index in [-0.39, 0.29) is 23.7 Å². The Hall–Kier alpha value is -3.18. The molecule has 0 spiro atoms. The number of hydrogen-bond acceptors (Lipinski definition) is 5. The number of carbonyl (C=O) groups excluding carboxylic acids is 1. The van der Waals surface area contributed by atoms with Gasteiger partial charge in [-0.25, -0.2) is 0 Å². The third-order valence-corrected chi connectivity index (χ3v) is 4.15. The van der Waals surface area contributed by atoms with E-state index in [1.807, 2.05) is 19.1 Å². The molecule has 0 saturated carbocycles. The molecule has 0 saturated heterocycles. The number of phenolic OH excluding ortho intramolecular Hbond substituents is 2. The van der Waals surface area contributed by atoms with E-state index >= 15 is 0 Å². The molecule has 0 aliphatic heterocycles. The van der Waals surface area contributed by atoms with Gasteiger partial charge in [0.25, 0.3) is 0 Å². The monoisotopic (exact) mass is 384 g/mol. The van der Waals surface area contributed by atoms with Gasteiger partial charge in [0.05, 0.1) is 10.6 Å². The summed E-state index contributed by atoms with van der Waals surface area (Å²) in [5, 5.41) is 19.5. The summed E-state index contributed by atoms with van der Waals surface area (Å²) in [5.41, 5.74) is 1.02. The normalized spacial score (nSPS) is 11.0. The van der Waals surface area contributed by atoms with E-state index in [0.717, 1.165) is 11.6 Å². The molecule has 2 N–H and O–H groups in total. The van der Waals surface area contributed by atoms with Crippen molar-refractivity contribution in [3.63, 3.8) is 0 Å². The molecule has 0 unspecified atom stereocenters. The summed E-state index contributed by atoms with van der Waals surface area (Å²) in [5.74, 6) is 0.842. The molecule has 0 aliphatic carbocycles. The minimum atomic E-state index is -0.409. The first-order valence-corrected chi connectivity index (χ1v) is 8.53. The number of phenols is 2. The van der Waals surface area contributed by atoms with E-state index < -0.39 is 5.78 Å². The Morgan fingerprint density at radius 1 is 1.19 bits per heavy atom. The van der Waals surface area contributed by atoms with E-state index in [0.29, 0.717) is 22.3 Å². The lowest BCUT2D eigenvalue weighted by atomic mass is 10.1. The van der Waals surface area contributed by atoms with E-state index in [2.05, 4.69) is 0 Å².